The zero-order valence-electron chi connectivity index (χ0n) is 8.77. The molecular formula is C10H20FNO. The van der Waals surface area contributed by atoms with Gasteiger partial charge in [0.2, 0.25) is 5.91 Å². The predicted molar refractivity (Wildman–Crippen MR) is 52.3 cm³/mol. The van der Waals surface area contributed by atoms with Gasteiger partial charge in [-0.2, -0.15) is 0 Å². The molecule has 78 valence electrons. The van der Waals surface area contributed by atoms with Crippen molar-refractivity contribution in [3.05, 3.63) is 0 Å². The summed E-state index contributed by atoms with van der Waals surface area (Å²) in [4.78, 5) is 10.7. The molecule has 0 aliphatic heterocycles. The zero-order chi connectivity index (χ0) is 10.3. The summed E-state index contributed by atoms with van der Waals surface area (Å²) in [6, 6.07) is -0.302. The van der Waals surface area contributed by atoms with E-state index in [2.05, 4.69) is 12.2 Å². The fraction of sp³-hybridized carbons (Fsp3) is 0.900. The van der Waals surface area contributed by atoms with Gasteiger partial charge in [-0.1, -0.05) is 26.7 Å². The number of hydrogen-bond acceptors (Lipinski definition) is 1. The van der Waals surface area contributed by atoms with Crippen molar-refractivity contribution >= 4 is 5.91 Å². The number of carbonyl (C=O) groups excluding carboxylic acids is 1. The van der Waals surface area contributed by atoms with Crippen molar-refractivity contribution in [3.8, 4) is 0 Å². The lowest BCUT2D eigenvalue weighted by molar-refractivity contribution is -0.120. The smallest absolute Gasteiger partial charge is 0.217 e. The Morgan fingerprint density at radius 3 is 2.54 bits per heavy atom. The summed E-state index contributed by atoms with van der Waals surface area (Å²) in [7, 11) is 0. The van der Waals surface area contributed by atoms with E-state index in [9.17, 15) is 9.18 Å². The second-order valence-corrected chi connectivity index (χ2v) is 3.58. The number of halogens is 1. The third-order valence-electron chi connectivity index (χ3n) is 2.25. The largest absolute Gasteiger partial charge is 0.351 e. The van der Waals surface area contributed by atoms with Gasteiger partial charge in [0.25, 0.3) is 0 Å². The van der Waals surface area contributed by atoms with Crippen LogP contribution >= 0.6 is 0 Å². The van der Waals surface area contributed by atoms with Crippen molar-refractivity contribution in [2.45, 2.75) is 46.1 Å². The average molecular weight is 189 g/mol. The number of unbranched alkanes of at least 4 members (excludes halogenated alkanes) is 1. The molecule has 0 aliphatic carbocycles. The molecule has 2 atom stereocenters. The number of alkyl halides is 1. The van der Waals surface area contributed by atoms with E-state index < -0.39 is 6.67 Å². The molecule has 3 heteroatoms. The van der Waals surface area contributed by atoms with Crippen LogP contribution in [0.25, 0.3) is 0 Å². The van der Waals surface area contributed by atoms with E-state index in [4.69, 9.17) is 0 Å². The lowest BCUT2D eigenvalue weighted by atomic mass is 9.96. The van der Waals surface area contributed by atoms with Gasteiger partial charge in [0.05, 0.1) is 6.04 Å². The summed E-state index contributed by atoms with van der Waals surface area (Å²) in [6.07, 6.45) is 3.19. The Bertz CT molecular complexity index is 150. The molecule has 0 aliphatic rings. The Morgan fingerprint density at radius 1 is 1.54 bits per heavy atom. The van der Waals surface area contributed by atoms with Crippen molar-refractivity contribution in [1.82, 2.24) is 5.32 Å². The van der Waals surface area contributed by atoms with E-state index in [0.29, 0.717) is 0 Å². The van der Waals surface area contributed by atoms with Crippen LogP contribution in [0.3, 0.4) is 0 Å². The maximum absolute atomic E-state index is 12.5. The van der Waals surface area contributed by atoms with Gasteiger partial charge >= 0.3 is 0 Å². The molecule has 0 spiro atoms. The molecule has 0 saturated heterocycles. The molecule has 0 rings (SSSR count). The molecule has 2 nitrogen and oxygen atoms in total. The molecule has 0 fully saturated rings. The minimum absolute atomic E-state index is 0.147. The quantitative estimate of drug-likeness (QED) is 0.682. The van der Waals surface area contributed by atoms with Gasteiger partial charge < -0.3 is 5.32 Å². The van der Waals surface area contributed by atoms with Crippen molar-refractivity contribution in [3.63, 3.8) is 0 Å². The van der Waals surface area contributed by atoms with Crippen LogP contribution in [0.15, 0.2) is 0 Å². The first-order chi connectivity index (χ1) is 6.11. The van der Waals surface area contributed by atoms with Gasteiger partial charge in [-0.15, -0.1) is 0 Å². The van der Waals surface area contributed by atoms with Gasteiger partial charge in [0.15, 0.2) is 0 Å². The monoisotopic (exact) mass is 189 g/mol. The van der Waals surface area contributed by atoms with Crippen LogP contribution in [0, 0.1) is 5.92 Å². The van der Waals surface area contributed by atoms with Gasteiger partial charge in [-0.05, 0) is 12.3 Å². The standard InChI is InChI=1S/C10H20FNO/c1-4-5-6-8(2)10(7-11)12-9(3)13/h8,10H,4-7H2,1-3H3,(H,12,13)/t8-,10+/m1/s1. The number of hydrogen-bond donors (Lipinski definition) is 1. The van der Waals surface area contributed by atoms with E-state index in [1.807, 2.05) is 6.92 Å². The summed E-state index contributed by atoms with van der Waals surface area (Å²) in [5, 5.41) is 2.62. The molecular weight excluding hydrogens is 169 g/mol. The Hall–Kier alpha value is -0.600. The Labute approximate surface area is 79.9 Å². The molecule has 0 radical (unpaired) electrons. The number of amides is 1. The number of nitrogens with one attached hydrogen (secondary N) is 1. The van der Waals surface area contributed by atoms with Crippen molar-refractivity contribution in [2.75, 3.05) is 6.67 Å². The van der Waals surface area contributed by atoms with Crippen LogP contribution in [0.5, 0.6) is 0 Å². The van der Waals surface area contributed by atoms with Crippen LogP contribution in [0.4, 0.5) is 4.39 Å². The summed E-state index contributed by atoms with van der Waals surface area (Å²) < 4.78 is 12.5. The van der Waals surface area contributed by atoms with Gasteiger partial charge in [0, 0.05) is 6.92 Å². The van der Waals surface area contributed by atoms with Crippen LogP contribution in [0.1, 0.15) is 40.0 Å². The van der Waals surface area contributed by atoms with Gasteiger partial charge in [-0.3, -0.25) is 4.79 Å². The van der Waals surface area contributed by atoms with E-state index in [-0.39, 0.29) is 17.9 Å². The fourth-order valence-electron chi connectivity index (χ4n) is 1.32. The highest BCUT2D eigenvalue weighted by Gasteiger charge is 2.16. The second-order valence-electron chi connectivity index (χ2n) is 3.58. The molecule has 13 heavy (non-hydrogen) atoms. The first-order valence-corrected chi connectivity index (χ1v) is 4.94. The minimum atomic E-state index is -0.468. The van der Waals surface area contributed by atoms with Crippen molar-refractivity contribution in [1.29, 1.82) is 0 Å². The summed E-state index contributed by atoms with van der Waals surface area (Å²) in [6.45, 7) is 5.05. The first kappa shape index (κ1) is 12.4. The van der Waals surface area contributed by atoms with E-state index >= 15 is 0 Å². The molecule has 1 N–H and O–H groups in total. The molecule has 0 heterocycles. The normalized spacial score (nSPS) is 15.1. The molecule has 0 saturated carbocycles. The molecule has 0 aromatic rings. The third kappa shape index (κ3) is 5.61. The van der Waals surface area contributed by atoms with E-state index in [1.165, 1.54) is 6.92 Å². The maximum atomic E-state index is 12.5. The molecule has 0 aromatic carbocycles. The summed E-state index contributed by atoms with van der Waals surface area (Å²) in [5.41, 5.74) is 0. The average Bonchev–Trinajstić information content (AvgIpc) is 2.09. The van der Waals surface area contributed by atoms with Gasteiger partial charge in [0.1, 0.15) is 6.67 Å². The molecule has 0 unspecified atom stereocenters. The lowest BCUT2D eigenvalue weighted by Gasteiger charge is -2.21. The van der Waals surface area contributed by atoms with Crippen molar-refractivity contribution in [2.24, 2.45) is 5.92 Å². The highest BCUT2D eigenvalue weighted by molar-refractivity contribution is 5.73. The Kier molecular flexibility index (Phi) is 6.55. The molecule has 0 bridgehead atoms. The van der Waals surface area contributed by atoms with Crippen molar-refractivity contribution < 1.29 is 9.18 Å². The Balaban J connectivity index is 3.84. The van der Waals surface area contributed by atoms with Gasteiger partial charge in [-0.25, -0.2) is 4.39 Å². The summed E-state index contributed by atoms with van der Waals surface area (Å²) in [5.74, 6) is 0.0832. The van der Waals surface area contributed by atoms with E-state index in [1.54, 1.807) is 0 Å². The summed E-state index contributed by atoms with van der Waals surface area (Å²) >= 11 is 0. The maximum Gasteiger partial charge on any atom is 0.217 e. The van der Waals surface area contributed by atoms with Crippen LogP contribution in [-0.2, 0) is 4.79 Å². The predicted octanol–water partition coefficient (Wildman–Crippen LogP) is 2.29. The zero-order valence-corrected chi connectivity index (χ0v) is 8.77. The minimum Gasteiger partial charge on any atom is -0.351 e. The first-order valence-electron chi connectivity index (χ1n) is 4.94. The second kappa shape index (κ2) is 6.87. The third-order valence-corrected chi connectivity index (χ3v) is 2.25. The highest BCUT2D eigenvalue weighted by atomic mass is 19.1. The lowest BCUT2D eigenvalue weighted by Crippen LogP contribution is -2.39. The van der Waals surface area contributed by atoms with Crippen LogP contribution in [0.2, 0.25) is 0 Å². The van der Waals surface area contributed by atoms with Crippen LogP contribution in [-0.4, -0.2) is 18.6 Å². The SMILES string of the molecule is CCCC[C@@H](C)[C@H](CF)NC(C)=O. The Morgan fingerprint density at radius 2 is 2.15 bits per heavy atom. The highest BCUT2D eigenvalue weighted by Crippen LogP contribution is 2.12. The molecule has 1 amide bonds. The number of rotatable bonds is 6. The van der Waals surface area contributed by atoms with E-state index in [0.717, 1.165) is 19.3 Å². The molecule has 0 aromatic heterocycles. The number of carbonyl (C=O) groups is 1. The van der Waals surface area contributed by atoms with Crippen LogP contribution < -0.4 is 5.32 Å². The fourth-order valence-corrected chi connectivity index (χ4v) is 1.32. The topological polar surface area (TPSA) is 29.1 Å².